The molecule has 2 unspecified atom stereocenters. The lowest BCUT2D eigenvalue weighted by Crippen LogP contribution is -2.34. The van der Waals surface area contributed by atoms with E-state index in [9.17, 15) is 0 Å². The van der Waals surface area contributed by atoms with Crippen molar-refractivity contribution in [3.8, 4) is 11.5 Å². The quantitative estimate of drug-likeness (QED) is 0.392. The lowest BCUT2D eigenvalue weighted by Gasteiger charge is -2.28. The number of hydrogen-bond acceptors (Lipinski definition) is 5. The Labute approximate surface area is 170 Å². The second-order valence-electron chi connectivity index (χ2n) is 7.40. The number of hydrogen-bond donors (Lipinski definition) is 4. The number of rotatable bonds is 8. The summed E-state index contributed by atoms with van der Waals surface area (Å²) in [6, 6.07) is 11.0. The molecule has 0 fully saturated rings. The van der Waals surface area contributed by atoms with E-state index in [1.807, 2.05) is 38.1 Å². The monoisotopic (exact) mass is 410 g/mol. The molecule has 148 valence electrons. The largest absolute Gasteiger partial charge is 0.457 e. The predicted octanol–water partition coefficient (Wildman–Crippen LogP) is 3.55. The maximum absolute atomic E-state index is 6.21. The molecule has 27 heavy (non-hydrogen) atoms. The first-order valence-corrected chi connectivity index (χ1v) is 9.80. The minimum Gasteiger partial charge on any atom is -0.457 e. The minimum atomic E-state index is -0.384. The van der Waals surface area contributed by atoms with Gasteiger partial charge in [0.15, 0.2) is 0 Å². The van der Waals surface area contributed by atoms with Crippen molar-refractivity contribution in [2.45, 2.75) is 24.7 Å². The maximum Gasteiger partial charge on any atom is 0.129 e. The summed E-state index contributed by atoms with van der Waals surface area (Å²) in [6.07, 6.45) is 0. The third-order valence-corrected chi connectivity index (χ3v) is 6.25. The van der Waals surface area contributed by atoms with Crippen molar-refractivity contribution in [3.63, 3.8) is 0 Å². The van der Waals surface area contributed by atoms with Crippen molar-refractivity contribution in [3.05, 3.63) is 47.5 Å². The highest BCUT2D eigenvalue weighted by Crippen LogP contribution is 2.35. The first-order chi connectivity index (χ1) is 12.7. The Hall–Kier alpha value is -1.66. The van der Waals surface area contributed by atoms with Gasteiger partial charge in [0.2, 0.25) is 0 Å². The van der Waals surface area contributed by atoms with Crippen LogP contribution in [0.15, 0.2) is 36.4 Å². The molecule has 0 heterocycles. The van der Waals surface area contributed by atoms with Gasteiger partial charge >= 0.3 is 0 Å². The number of benzene rings is 2. The molecular formula is C20H28Cl2N4O. The van der Waals surface area contributed by atoms with Gasteiger partial charge in [-0.2, -0.15) is 0 Å². The standard InChI is InChI=1S/C20H28Cl2N4O/c1-19(9-21,11-23)15-5-3-13(7-17(15)25)27-14-4-6-16(18(26)8-14)20(2,10-22)12-24/h3-8H,9-12,23-26H2,1-2H3. The van der Waals surface area contributed by atoms with Gasteiger partial charge in [-0.15, -0.1) is 23.2 Å². The van der Waals surface area contributed by atoms with Crippen molar-refractivity contribution in [2.75, 3.05) is 36.3 Å². The number of halogens is 2. The number of ether oxygens (including phenoxy) is 1. The Bertz CT molecular complexity index is 724. The lowest BCUT2D eigenvalue weighted by atomic mass is 9.83. The third kappa shape index (κ3) is 4.43. The molecule has 0 aliphatic rings. The molecule has 2 rings (SSSR count). The van der Waals surface area contributed by atoms with Crippen LogP contribution in [0.1, 0.15) is 25.0 Å². The molecule has 0 spiro atoms. The highest BCUT2D eigenvalue weighted by atomic mass is 35.5. The van der Waals surface area contributed by atoms with Gasteiger partial charge in [0.1, 0.15) is 11.5 Å². The summed E-state index contributed by atoms with van der Waals surface area (Å²) in [6.45, 7) is 4.77. The summed E-state index contributed by atoms with van der Waals surface area (Å²) in [7, 11) is 0. The fourth-order valence-electron chi connectivity index (χ4n) is 2.92. The SMILES string of the molecule is CC(CN)(CCl)c1ccc(Oc2ccc(C(C)(CN)CCl)c(N)c2)cc1N. The van der Waals surface area contributed by atoms with E-state index in [0.29, 0.717) is 47.7 Å². The van der Waals surface area contributed by atoms with Gasteiger partial charge in [-0.05, 0) is 23.3 Å². The molecule has 0 amide bonds. The second kappa shape index (κ2) is 8.57. The van der Waals surface area contributed by atoms with Gasteiger partial charge in [0.25, 0.3) is 0 Å². The van der Waals surface area contributed by atoms with Gasteiger partial charge in [0.05, 0.1) is 0 Å². The Kier molecular flexibility index (Phi) is 6.87. The van der Waals surface area contributed by atoms with Crippen LogP contribution in [0.3, 0.4) is 0 Å². The number of nitrogens with two attached hydrogens (primary N) is 4. The Morgan fingerprint density at radius 2 is 1.15 bits per heavy atom. The van der Waals surface area contributed by atoms with Crippen molar-refractivity contribution >= 4 is 34.6 Å². The average molecular weight is 411 g/mol. The van der Waals surface area contributed by atoms with E-state index in [4.69, 9.17) is 50.9 Å². The Morgan fingerprint density at radius 3 is 1.41 bits per heavy atom. The topological polar surface area (TPSA) is 113 Å². The van der Waals surface area contributed by atoms with Crippen LogP contribution in [0.5, 0.6) is 11.5 Å². The molecule has 0 saturated carbocycles. The highest BCUT2D eigenvalue weighted by molar-refractivity contribution is 6.19. The molecule has 0 aliphatic carbocycles. The van der Waals surface area contributed by atoms with Crippen LogP contribution in [0.25, 0.3) is 0 Å². The van der Waals surface area contributed by atoms with Crippen molar-refractivity contribution in [1.29, 1.82) is 0 Å². The van der Waals surface area contributed by atoms with Gasteiger partial charge < -0.3 is 27.7 Å². The predicted molar refractivity (Wildman–Crippen MR) is 116 cm³/mol. The van der Waals surface area contributed by atoms with Crippen LogP contribution in [0.2, 0.25) is 0 Å². The number of alkyl halides is 2. The molecule has 0 bridgehead atoms. The molecule has 2 atom stereocenters. The molecule has 8 N–H and O–H groups in total. The molecule has 7 heteroatoms. The fourth-order valence-corrected chi connectivity index (χ4v) is 3.42. The first kappa shape index (κ1) is 21.6. The maximum atomic E-state index is 6.21. The van der Waals surface area contributed by atoms with Crippen molar-refractivity contribution in [2.24, 2.45) is 11.5 Å². The molecule has 5 nitrogen and oxygen atoms in total. The zero-order chi connectivity index (χ0) is 20.2. The van der Waals surface area contributed by atoms with Gasteiger partial charge in [-0.1, -0.05) is 26.0 Å². The van der Waals surface area contributed by atoms with E-state index in [2.05, 4.69) is 0 Å². The van der Waals surface area contributed by atoms with E-state index in [0.717, 1.165) is 11.1 Å². The second-order valence-corrected chi connectivity index (χ2v) is 7.93. The molecular weight excluding hydrogens is 383 g/mol. The number of nitrogen functional groups attached to an aromatic ring is 2. The van der Waals surface area contributed by atoms with Crippen LogP contribution < -0.4 is 27.7 Å². The van der Waals surface area contributed by atoms with Crippen LogP contribution >= 0.6 is 23.2 Å². The Morgan fingerprint density at radius 1 is 0.778 bits per heavy atom. The minimum absolute atomic E-state index is 0.381. The van der Waals surface area contributed by atoms with E-state index >= 15 is 0 Å². The summed E-state index contributed by atoms with van der Waals surface area (Å²) in [5.74, 6) is 1.98. The van der Waals surface area contributed by atoms with Crippen LogP contribution in [-0.4, -0.2) is 24.8 Å². The van der Waals surface area contributed by atoms with Crippen LogP contribution in [-0.2, 0) is 10.8 Å². The molecule has 0 radical (unpaired) electrons. The van der Waals surface area contributed by atoms with Crippen LogP contribution in [0, 0.1) is 0 Å². The molecule has 2 aromatic carbocycles. The van der Waals surface area contributed by atoms with Gasteiger partial charge in [-0.25, -0.2) is 0 Å². The zero-order valence-corrected chi connectivity index (χ0v) is 17.3. The smallest absolute Gasteiger partial charge is 0.129 e. The van der Waals surface area contributed by atoms with E-state index < -0.39 is 0 Å². The van der Waals surface area contributed by atoms with Gasteiger partial charge in [-0.3, -0.25) is 0 Å². The molecule has 0 saturated heterocycles. The normalized spacial score (nSPS) is 15.8. The summed E-state index contributed by atoms with van der Waals surface area (Å²) in [5, 5.41) is 0. The van der Waals surface area contributed by atoms with Crippen molar-refractivity contribution < 1.29 is 4.74 Å². The zero-order valence-electron chi connectivity index (χ0n) is 15.8. The molecule has 2 aromatic rings. The van der Waals surface area contributed by atoms with Crippen molar-refractivity contribution in [1.82, 2.24) is 0 Å². The average Bonchev–Trinajstić information content (AvgIpc) is 2.67. The first-order valence-electron chi connectivity index (χ1n) is 8.73. The lowest BCUT2D eigenvalue weighted by molar-refractivity contribution is 0.480. The molecule has 0 aliphatic heterocycles. The number of anilines is 2. The Balaban J connectivity index is 2.28. The summed E-state index contributed by atoms with van der Waals surface area (Å²) in [4.78, 5) is 0. The summed E-state index contributed by atoms with van der Waals surface area (Å²) < 4.78 is 5.92. The van der Waals surface area contributed by atoms with Gasteiger partial charge in [0, 0.05) is 59.2 Å². The summed E-state index contributed by atoms with van der Waals surface area (Å²) >= 11 is 12.2. The molecule has 0 aromatic heterocycles. The van der Waals surface area contributed by atoms with E-state index in [-0.39, 0.29) is 10.8 Å². The highest BCUT2D eigenvalue weighted by Gasteiger charge is 2.27. The fraction of sp³-hybridized carbons (Fsp3) is 0.400. The van der Waals surface area contributed by atoms with Crippen LogP contribution in [0.4, 0.5) is 11.4 Å². The third-order valence-electron chi connectivity index (χ3n) is 5.07. The van der Waals surface area contributed by atoms with E-state index in [1.165, 1.54) is 0 Å². The van der Waals surface area contributed by atoms with E-state index in [1.54, 1.807) is 12.1 Å². The summed E-state index contributed by atoms with van der Waals surface area (Å²) in [5.41, 5.74) is 26.4.